The Morgan fingerprint density at radius 2 is 2.00 bits per heavy atom. The number of hydrogen-bond acceptors (Lipinski definition) is 7. The van der Waals surface area contributed by atoms with E-state index in [4.69, 9.17) is 16.0 Å². The number of carbonyl (C=O) groups excluding carboxylic acids is 2. The standard InChI is InChI=1S/C24H30N4O7S/c1-25-21-5-3-2-4-20(21)18-6-11-28(12-7-18)36(32,33)17-24(22(29)26-31)9-13-27(14-10-24)23(30)35-19-8-15-34-16-19/h2-6,19,31H,7-17H2,(H,26,29)/t19-/m0/s1. The number of nitrogens with one attached hydrogen (secondary N) is 1. The number of amides is 2. The van der Waals surface area contributed by atoms with Crippen LogP contribution in [-0.4, -0.2) is 86.1 Å². The molecular weight excluding hydrogens is 488 g/mol. The van der Waals surface area contributed by atoms with Gasteiger partial charge in [-0.25, -0.2) is 23.5 Å². The molecular formula is C24H30N4O7S. The molecule has 11 nitrogen and oxygen atoms in total. The third-order valence-electron chi connectivity index (χ3n) is 7.11. The second-order valence-electron chi connectivity index (χ2n) is 9.30. The summed E-state index contributed by atoms with van der Waals surface area (Å²) >= 11 is 0. The Kier molecular flexibility index (Phi) is 7.94. The van der Waals surface area contributed by atoms with Crippen LogP contribution in [0.15, 0.2) is 30.3 Å². The van der Waals surface area contributed by atoms with Gasteiger partial charge in [0.25, 0.3) is 5.91 Å². The quantitative estimate of drug-likeness (QED) is 0.335. The lowest BCUT2D eigenvalue weighted by Gasteiger charge is -2.40. The lowest BCUT2D eigenvalue weighted by Crippen LogP contribution is -2.54. The Morgan fingerprint density at radius 3 is 2.61 bits per heavy atom. The molecule has 12 heteroatoms. The number of likely N-dealkylation sites (tertiary alicyclic amines) is 1. The monoisotopic (exact) mass is 518 g/mol. The van der Waals surface area contributed by atoms with Crippen molar-refractivity contribution in [3.63, 3.8) is 0 Å². The molecule has 0 aliphatic carbocycles. The van der Waals surface area contributed by atoms with E-state index >= 15 is 0 Å². The molecule has 3 heterocycles. The lowest BCUT2D eigenvalue weighted by molar-refractivity contribution is -0.141. The summed E-state index contributed by atoms with van der Waals surface area (Å²) < 4.78 is 38.7. The predicted molar refractivity (Wildman–Crippen MR) is 130 cm³/mol. The molecule has 0 aromatic heterocycles. The number of piperidine rings is 1. The maximum atomic E-state index is 13.4. The minimum absolute atomic E-state index is 0.0716. The van der Waals surface area contributed by atoms with Crippen LogP contribution in [0.25, 0.3) is 10.4 Å². The molecule has 0 unspecified atom stereocenters. The predicted octanol–water partition coefficient (Wildman–Crippen LogP) is 2.17. The highest BCUT2D eigenvalue weighted by atomic mass is 32.2. The first-order valence-electron chi connectivity index (χ1n) is 11.9. The SMILES string of the molecule is [C-]#[N+]c1ccccc1C1=CCN(S(=O)(=O)CC2(C(=O)NO)CCN(C(=O)O[C@H]3CCOC3)CC2)CC1. The number of sulfonamides is 1. The molecule has 2 amide bonds. The summed E-state index contributed by atoms with van der Waals surface area (Å²) in [4.78, 5) is 30.2. The van der Waals surface area contributed by atoms with Crippen LogP contribution in [0.1, 0.15) is 31.2 Å². The minimum atomic E-state index is -3.87. The average molecular weight is 519 g/mol. The van der Waals surface area contributed by atoms with E-state index in [-0.39, 0.29) is 45.1 Å². The van der Waals surface area contributed by atoms with Crippen molar-refractivity contribution in [3.05, 3.63) is 47.3 Å². The molecule has 0 saturated carbocycles. The number of hydrogen-bond donors (Lipinski definition) is 2. The zero-order chi connectivity index (χ0) is 25.8. The second-order valence-corrected chi connectivity index (χ2v) is 11.3. The molecule has 2 fully saturated rings. The molecule has 4 rings (SSSR count). The molecule has 0 spiro atoms. The van der Waals surface area contributed by atoms with Gasteiger partial charge in [-0.05, 0) is 24.8 Å². The molecule has 1 atom stereocenters. The number of para-hydroxylation sites is 1. The fraction of sp³-hybridized carbons (Fsp3) is 0.542. The number of carbonyl (C=O) groups is 2. The molecule has 3 aliphatic rings. The average Bonchev–Trinajstić information content (AvgIpc) is 3.41. The summed E-state index contributed by atoms with van der Waals surface area (Å²) in [5.41, 5.74) is 2.48. The van der Waals surface area contributed by atoms with E-state index < -0.39 is 33.2 Å². The molecule has 1 aromatic rings. The fourth-order valence-corrected chi connectivity index (χ4v) is 6.90. The van der Waals surface area contributed by atoms with E-state index in [1.54, 1.807) is 23.7 Å². The molecule has 3 aliphatic heterocycles. The van der Waals surface area contributed by atoms with Crippen LogP contribution in [0.4, 0.5) is 10.5 Å². The van der Waals surface area contributed by atoms with E-state index in [1.807, 2.05) is 12.1 Å². The third-order valence-corrected chi connectivity index (χ3v) is 9.15. The van der Waals surface area contributed by atoms with Gasteiger partial charge in [-0.2, -0.15) is 4.31 Å². The van der Waals surface area contributed by atoms with Gasteiger partial charge in [0.15, 0.2) is 5.69 Å². The van der Waals surface area contributed by atoms with E-state index in [9.17, 15) is 23.2 Å². The molecule has 2 N–H and O–H groups in total. The van der Waals surface area contributed by atoms with Gasteiger partial charge in [0.1, 0.15) is 6.10 Å². The van der Waals surface area contributed by atoms with Crippen LogP contribution in [0.3, 0.4) is 0 Å². The first-order chi connectivity index (χ1) is 17.3. The molecule has 1 aromatic carbocycles. The van der Waals surface area contributed by atoms with Crippen molar-refractivity contribution in [1.29, 1.82) is 0 Å². The van der Waals surface area contributed by atoms with Crippen LogP contribution in [0, 0.1) is 12.0 Å². The smallest absolute Gasteiger partial charge is 0.410 e. The number of rotatable bonds is 6. The number of ether oxygens (including phenoxy) is 2. The van der Waals surface area contributed by atoms with E-state index in [1.165, 1.54) is 9.21 Å². The van der Waals surface area contributed by atoms with Crippen LogP contribution < -0.4 is 5.48 Å². The van der Waals surface area contributed by atoms with Crippen LogP contribution in [0.2, 0.25) is 0 Å². The van der Waals surface area contributed by atoms with E-state index in [0.717, 1.165) is 11.1 Å². The maximum absolute atomic E-state index is 13.4. The van der Waals surface area contributed by atoms with Crippen molar-refractivity contribution in [2.24, 2.45) is 5.41 Å². The van der Waals surface area contributed by atoms with Crippen molar-refractivity contribution in [1.82, 2.24) is 14.7 Å². The Bertz CT molecular complexity index is 1160. The van der Waals surface area contributed by atoms with Crippen molar-refractivity contribution in [2.75, 3.05) is 45.1 Å². The van der Waals surface area contributed by atoms with E-state index in [0.29, 0.717) is 31.7 Å². The summed E-state index contributed by atoms with van der Waals surface area (Å²) in [6, 6.07) is 7.21. The van der Waals surface area contributed by atoms with Crippen molar-refractivity contribution in [2.45, 2.75) is 31.8 Å². The highest BCUT2D eigenvalue weighted by molar-refractivity contribution is 7.89. The first kappa shape index (κ1) is 26.1. The van der Waals surface area contributed by atoms with Gasteiger partial charge in [-0.3, -0.25) is 10.0 Å². The topological polar surface area (TPSA) is 130 Å². The second kappa shape index (κ2) is 11.0. The largest absolute Gasteiger partial charge is 0.444 e. The number of nitrogens with zero attached hydrogens (tertiary/aromatic N) is 3. The van der Waals surface area contributed by atoms with Crippen LogP contribution >= 0.6 is 0 Å². The van der Waals surface area contributed by atoms with Gasteiger partial charge >= 0.3 is 6.09 Å². The van der Waals surface area contributed by atoms with Crippen LogP contribution in [-0.2, 0) is 24.3 Å². The van der Waals surface area contributed by atoms with Crippen LogP contribution in [0.5, 0.6) is 0 Å². The van der Waals surface area contributed by atoms with Gasteiger partial charge in [-0.1, -0.05) is 35.9 Å². The van der Waals surface area contributed by atoms with Gasteiger partial charge in [-0.15, -0.1) is 0 Å². The highest BCUT2D eigenvalue weighted by Gasteiger charge is 2.47. The fourth-order valence-electron chi connectivity index (χ4n) is 4.93. The zero-order valence-corrected chi connectivity index (χ0v) is 20.7. The first-order valence-corrected chi connectivity index (χ1v) is 13.5. The minimum Gasteiger partial charge on any atom is -0.444 e. The van der Waals surface area contributed by atoms with Crippen molar-refractivity contribution >= 4 is 33.3 Å². The number of hydroxylamine groups is 1. The summed E-state index contributed by atoms with van der Waals surface area (Å²) in [6.07, 6.45) is 2.20. The Morgan fingerprint density at radius 1 is 1.25 bits per heavy atom. The Labute approximate surface area is 210 Å². The van der Waals surface area contributed by atoms with Crippen molar-refractivity contribution < 1.29 is 32.7 Å². The lowest BCUT2D eigenvalue weighted by atomic mass is 9.79. The summed E-state index contributed by atoms with van der Waals surface area (Å²) in [5, 5.41) is 9.37. The van der Waals surface area contributed by atoms with Gasteiger partial charge in [0, 0.05) is 32.6 Å². The van der Waals surface area contributed by atoms with Gasteiger partial charge in [0.2, 0.25) is 10.0 Å². The Balaban J connectivity index is 1.42. The van der Waals surface area contributed by atoms with Gasteiger partial charge < -0.3 is 14.4 Å². The molecule has 194 valence electrons. The zero-order valence-electron chi connectivity index (χ0n) is 19.9. The molecule has 2 saturated heterocycles. The van der Waals surface area contributed by atoms with Crippen molar-refractivity contribution in [3.8, 4) is 0 Å². The maximum Gasteiger partial charge on any atom is 0.410 e. The van der Waals surface area contributed by atoms with Gasteiger partial charge in [0.05, 0.1) is 31.0 Å². The Hall–Kier alpha value is -2.98. The highest BCUT2D eigenvalue weighted by Crippen LogP contribution is 2.36. The third kappa shape index (κ3) is 5.54. The summed E-state index contributed by atoms with van der Waals surface area (Å²) in [5.74, 6) is -1.25. The summed E-state index contributed by atoms with van der Waals surface area (Å²) in [7, 11) is -3.87. The molecule has 0 bridgehead atoms. The molecule has 0 radical (unpaired) electrons. The normalized spacial score (nSPS) is 22.4. The molecule has 36 heavy (non-hydrogen) atoms. The van der Waals surface area contributed by atoms with E-state index in [2.05, 4.69) is 4.85 Å². The number of benzene rings is 1. The summed E-state index contributed by atoms with van der Waals surface area (Å²) in [6.45, 7) is 8.86.